The van der Waals surface area contributed by atoms with E-state index in [9.17, 15) is 5.11 Å². The van der Waals surface area contributed by atoms with Crippen molar-refractivity contribution in [3.05, 3.63) is 34.9 Å². The minimum Gasteiger partial charge on any atom is -0.396 e. The van der Waals surface area contributed by atoms with Crippen LogP contribution in [0.2, 0.25) is 5.02 Å². The van der Waals surface area contributed by atoms with E-state index in [1.165, 1.54) is 5.56 Å². The lowest BCUT2D eigenvalue weighted by atomic mass is 9.75. The maximum Gasteiger partial charge on any atom is 0.0513 e. The Bertz CT molecular complexity index is 436. The van der Waals surface area contributed by atoms with Crippen molar-refractivity contribution in [1.82, 2.24) is 4.90 Å². The number of hydrogen-bond acceptors (Lipinski definition) is 3. The van der Waals surface area contributed by atoms with Crippen LogP contribution in [0.3, 0.4) is 0 Å². The van der Waals surface area contributed by atoms with E-state index in [0.717, 1.165) is 44.3 Å². The number of ether oxygens (including phenoxy) is 1. The molecule has 1 aromatic rings. The first-order valence-electron chi connectivity index (χ1n) is 6.87. The predicted molar refractivity (Wildman–Crippen MR) is 75.2 cm³/mol. The summed E-state index contributed by atoms with van der Waals surface area (Å²) in [4.78, 5) is 2.43. The van der Waals surface area contributed by atoms with E-state index >= 15 is 0 Å². The number of hydrogen-bond donors (Lipinski definition) is 1. The van der Waals surface area contributed by atoms with Crippen LogP contribution in [0.4, 0.5) is 0 Å². The Labute approximate surface area is 119 Å². The Morgan fingerprint density at radius 2 is 2.16 bits per heavy atom. The van der Waals surface area contributed by atoms with Gasteiger partial charge in [-0.1, -0.05) is 23.7 Å². The number of fused-ring (bicyclic) bond motifs is 1. The summed E-state index contributed by atoms with van der Waals surface area (Å²) in [7, 11) is 0. The molecular formula is C15H20ClNO2. The second kappa shape index (κ2) is 5.41. The number of halogens is 1. The lowest BCUT2D eigenvalue weighted by molar-refractivity contribution is -0.0417. The van der Waals surface area contributed by atoms with Crippen LogP contribution in [0.25, 0.3) is 0 Å². The lowest BCUT2D eigenvalue weighted by Gasteiger charge is -2.36. The molecule has 2 atom stereocenters. The van der Waals surface area contributed by atoms with Gasteiger partial charge in [-0.2, -0.15) is 0 Å². The minimum atomic E-state index is 0.0602. The number of aliphatic hydroxyl groups is 1. The number of nitrogens with zero attached hydrogens (tertiary/aromatic N) is 1. The van der Waals surface area contributed by atoms with Crippen LogP contribution in [-0.2, 0) is 11.3 Å². The summed E-state index contributed by atoms with van der Waals surface area (Å²) < 4.78 is 5.57. The number of rotatable bonds is 3. The topological polar surface area (TPSA) is 32.7 Å². The molecule has 2 aliphatic rings. The van der Waals surface area contributed by atoms with E-state index in [1.54, 1.807) is 0 Å². The highest BCUT2D eigenvalue weighted by molar-refractivity contribution is 6.30. The predicted octanol–water partition coefficient (Wildman–Crippen LogP) is 2.17. The van der Waals surface area contributed by atoms with Crippen molar-refractivity contribution in [2.45, 2.75) is 13.0 Å². The van der Waals surface area contributed by atoms with Crippen LogP contribution in [0.1, 0.15) is 12.0 Å². The number of likely N-dealkylation sites (tertiary alicyclic amines) is 1. The molecule has 0 unspecified atom stereocenters. The standard InChI is InChI=1S/C15H20ClNO2/c16-14-3-1-12(2-4-14)7-17-8-13-9-19-6-5-15(13,10-17)11-18/h1-4,13,18H,5-11H2/t13-,15-/m1/s1. The van der Waals surface area contributed by atoms with Crippen molar-refractivity contribution in [2.24, 2.45) is 11.3 Å². The molecule has 0 aliphatic carbocycles. The van der Waals surface area contributed by atoms with Crippen molar-refractivity contribution in [3.8, 4) is 0 Å². The molecule has 0 spiro atoms. The van der Waals surface area contributed by atoms with Gasteiger partial charge >= 0.3 is 0 Å². The van der Waals surface area contributed by atoms with Crippen molar-refractivity contribution in [3.63, 3.8) is 0 Å². The van der Waals surface area contributed by atoms with Gasteiger partial charge in [0, 0.05) is 42.6 Å². The molecule has 2 saturated heterocycles. The molecule has 0 amide bonds. The molecule has 3 rings (SSSR count). The molecule has 4 heteroatoms. The van der Waals surface area contributed by atoms with E-state index in [2.05, 4.69) is 17.0 Å². The third kappa shape index (κ3) is 2.65. The molecule has 3 nitrogen and oxygen atoms in total. The SMILES string of the molecule is OC[C@]12CCOC[C@H]1CN(Cc1ccc(Cl)cc1)C2. The molecule has 104 valence electrons. The average Bonchev–Trinajstić information content (AvgIpc) is 2.80. The smallest absolute Gasteiger partial charge is 0.0513 e. The van der Waals surface area contributed by atoms with Crippen LogP contribution in [0, 0.1) is 11.3 Å². The van der Waals surface area contributed by atoms with Crippen LogP contribution in [0.5, 0.6) is 0 Å². The molecule has 2 heterocycles. The zero-order valence-corrected chi connectivity index (χ0v) is 11.8. The highest BCUT2D eigenvalue weighted by atomic mass is 35.5. The molecule has 0 saturated carbocycles. The van der Waals surface area contributed by atoms with Gasteiger partial charge in [-0.25, -0.2) is 0 Å². The fourth-order valence-corrected chi connectivity index (χ4v) is 3.51. The van der Waals surface area contributed by atoms with Gasteiger partial charge in [-0.05, 0) is 24.1 Å². The maximum atomic E-state index is 9.77. The van der Waals surface area contributed by atoms with Gasteiger partial charge in [0.2, 0.25) is 0 Å². The van der Waals surface area contributed by atoms with E-state index in [4.69, 9.17) is 16.3 Å². The van der Waals surface area contributed by atoms with Crippen molar-refractivity contribution in [2.75, 3.05) is 32.9 Å². The normalized spacial score (nSPS) is 31.4. The second-order valence-electron chi connectivity index (χ2n) is 5.84. The molecule has 1 N–H and O–H groups in total. The summed E-state index contributed by atoms with van der Waals surface area (Å²) >= 11 is 5.91. The maximum absolute atomic E-state index is 9.77. The highest BCUT2D eigenvalue weighted by Crippen LogP contribution is 2.42. The van der Waals surface area contributed by atoms with Gasteiger partial charge in [0.1, 0.15) is 0 Å². The van der Waals surface area contributed by atoms with Gasteiger partial charge in [0.15, 0.2) is 0 Å². The average molecular weight is 282 g/mol. The zero-order chi connectivity index (χ0) is 13.3. The molecule has 0 aromatic heterocycles. The Balaban J connectivity index is 1.69. The quantitative estimate of drug-likeness (QED) is 0.922. The van der Waals surface area contributed by atoms with Crippen LogP contribution >= 0.6 is 11.6 Å². The summed E-state index contributed by atoms with van der Waals surface area (Å²) in [5.41, 5.74) is 1.34. The number of benzene rings is 1. The Morgan fingerprint density at radius 3 is 2.84 bits per heavy atom. The second-order valence-corrected chi connectivity index (χ2v) is 6.27. The summed E-state index contributed by atoms with van der Waals surface area (Å²) in [6.45, 7) is 4.76. The van der Waals surface area contributed by atoms with Crippen LogP contribution in [-0.4, -0.2) is 42.9 Å². The van der Waals surface area contributed by atoms with Crippen molar-refractivity contribution in [1.29, 1.82) is 0 Å². The van der Waals surface area contributed by atoms with Crippen molar-refractivity contribution >= 4 is 11.6 Å². The first-order valence-corrected chi connectivity index (χ1v) is 7.25. The summed E-state index contributed by atoms with van der Waals surface area (Å²) in [6, 6.07) is 8.02. The largest absolute Gasteiger partial charge is 0.396 e. The summed E-state index contributed by atoms with van der Waals surface area (Å²) in [6.07, 6.45) is 0.977. The van der Waals surface area contributed by atoms with E-state index < -0.39 is 0 Å². The van der Waals surface area contributed by atoms with Gasteiger partial charge < -0.3 is 9.84 Å². The Hall–Kier alpha value is -0.610. The summed E-state index contributed by atoms with van der Waals surface area (Å²) in [5, 5.41) is 10.5. The van der Waals surface area contributed by atoms with Crippen LogP contribution < -0.4 is 0 Å². The molecule has 0 radical (unpaired) electrons. The van der Waals surface area contributed by atoms with E-state index in [0.29, 0.717) is 5.92 Å². The van der Waals surface area contributed by atoms with Gasteiger partial charge in [-0.3, -0.25) is 4.90 Å². The first-order chi connectivity index (χ1) is 9.22. The fourth-order valence-electron chi connectivity index (χ4n) is 3.38. The minimum absolute atomic E-state index is 0.0602. The van der Waals surface area contributed by atoms with E-state index in [-0.39, 0.29) is 12.0 Å². The van der Waals surface area contributed by atoms with E-state index in [1.807, 2.05) is 12.1 Å². The third-order valence-corrected chi connectivity index (χ3v) is 4.83. The van der Waals surface area contributed by atoms with Crippen LogP contribution in [0.15, 0.2) is 24.3 Å². The monoisotopic (exact) mass is 281 g/mol. The van der Waals surface area contributed by atoms with Gasteiger partial charge in [-0.15, -0.1) is 0 Å². The highest BCUT2D eigenvalue weighted by Gasteiger charge is 2.47. The number of aliphatic hydroxyl groups excluding tert-OH is 1. The van der Waals surface area contributed by atoms with Gasteiger partial charge in [0.25, 0.3) is 0 Å². The molecule has 19 heavy (non-hydrogen) atoms. The van der Waals surface area contributed by atoms with Crippen molar-refractivity contribution < 1.29 is 9.84 Å². The third-order valence-electron chi connectivity index (χ3n) is 4.58. The molecule has 1 aromatic carbocycles. The molecule has 2 aliphatic heterocycles. The Morgan fingerprint density at radius 1 is 1.37 bits per heavy atom. The van der Waals surface area contributed by atoms with Gasteiger partial charge in [0.05, 0.1) is 13.2 Å². The molecule has 0 bridgehead atoms. The fraction of sp³-hybridized carbons (Fsp3) is 0.600. The summed E-state index contributed by atoms with van der Waals surface area (Å²) in [5.74, 6) is 0.471. The Kier molecular flexibility index (Phi) is 3.81. The first kappa shape index (κ1) is 13.4. The lowest BCUT2D eigenvalue weighted by Crippen LogP contribution is -2.41. The zero-order valence-electron chi connectivity index (χ0n) is 11.0. The molecular weight excluding hydrogens is 262 g/mol. The molecule has 2 fully saturated rings.